The average Bonchev–Trinajstić information content (AvgIpc) is 2.46. The van der Waals surface area contributed by atoms with Crippen LogP contribution in [-0.4, -0.2) is 19.8 Å². The van der Waals surface area contributed by atoms with Crippen molar-refractivity contribution in [3.05, 3.63) is 54.1 Å². The van der Waals surface area contributed by atoms with Gasteiger partial charge >= 0.3 is 10.1 Å². The smallest absolute Gasteiger partial charge is 0.339 e. The van der Waals surface area contributed by atoms with Crippen LogP contribution in [0.5, 0.6) is 11.5 Å². The summed E-state index contributed by atoms with van der Waals surface area (Å²) in [5.74, 6) is 0.416. The molecule has 0 spiro atoms. The van der Waals surface area contributed by atoms with E-state index in [1.54, 1.807) is 18.2 Å². The summed E-state index contributed by atoms with van der Waals surface area (Å²) < 4.78 is 35.4. The van der Waals surface area contributed by atoms with Gasteiger partial charge in [-0.2, -0.15) is 8.42 Å². The maximum atomic E-state index is 12.2. The third kappa shape index (κ3) is 3.22. The van der Waals surface area contributed by atoms with Crippen molar-refractivity contribution in [2.45, 2.75) is 30.8 Å². The van der Waals surface area contributed by atoms with E-state index in [-0.39, 0.29) is 22.8 Å². The Morgan fingerprint density at radius 2 is 1.78 bits per heavy atom. The highest BCUT2D eigenvalue weighted by atomic mass is 32.2. The molecule has 2 aromatic carbocycles. The zero-order valence-electron chi connectivity index (χ0n) is 12.8. The van der Waals surface area contributed by atoms with Gasteiger partial charge in [0.25, 0.3) is 0 Å². The first-order valence-electron chi connectivity index (χ1n) is 7.13. The van der Waals surface area contributed by atoms with Crippen LogP contribution in [0.3, 0.4) is 0 Å². The normalized spacial score (nSPS) is 16.3. The Balaban J connectivity index is 1.93. The minimum Gasteiger partial charge on any atom is -0.486 e. The number of hydrogen-bond donors (Lipinski definition) is 0. The van der Waals surface area contributed by atoms with Crippen LogP contribution in [-0.2, 0) is 10.1 Å². The number of hydrogen-bond acceptors (Lipinski definition) is 5. The van der Waals surface area contributed by atoms with Crippen molar-refractivity contribution in [1.82, 2.24) is 0 Å². The third-order valence-corrected chi connectivity index (χ3v) is 4.73. The number of rotatable bonds is 3. The van der Waals surface area contributed by atoms with E-state index in [0.717, 1.165) is 0 Å². The number of fused-ring (bicyclic) bond motifs is 1. The van der Waals surface area contributed by atoms with E-state index in [1.165, 1.54) is 30.3 Å². The quantitative estimate of drug-likeness (QED) is 0.807. The summed E-state index contributed by atoms with van der Waals surface area (Å²) in [5, 5.41) is 0. The number of carbonyl (C=O) groups excluding carboxylic acids is 1. The Labute approximate surface area is 135 Å². The van der Waals surface area contributed by atoms with Gasteiger partial charge in [0.05, 0.1) is 12.0 Å². The fraction of sp³-hybridized carbons (Fsp3) is 0.235. The number of ether oxygens (including phenoxy) is 1. The van der Waals surface area contributed by atoms with Crippen LogP contribution in [0.25, 0.3) is 0 Å². The fourth-order valence-electron chi connectivity index (χ4n) is 2.45. The molecule has 1 aliphatic rings. The molecule has 0 aliphatic carbocycles. The summed E-state index contributed by atoms with van der Waals surface area (Å²) in [7, 11) is -3.92. The first-order valence-corrected chi connectivity index (χ1v) is 8.53. The van der Waals surface area contributed by atoms with Gasteiger partial charge < -0.3 is 8.92 Å². The molecule has 0 saturated carbocycles. The predicted molar refractivity (Wildman–Crippen MR) is 84.4 cm³/mol. The van der Waals surface area contributed by atoms with Crippen LogP contribution < -0.4 is 8.92 Å². The molecule has 1 heterocycles. The maximum absolute atomic E-state index is 12.2. The summed E-state index contributed by atoms with van der Waals surface area (Å²) in [6.07, 6.45) is 0.280. The summed E-state index contributed by atoms with van der Waals surface area (Å²) in [6.45, 7) is 3.62. The lowest BCUT2D eigenvalue weighted by molar-refractivity contribution is 0.0619. The second-order valence-electron chi connectivity index (χ2n) is 5.97. The molecule has 3 rings (SSSR count). The minimum absolute atomic E-state index is 0.0336. The summed E-state index contributed by atoms with van der Waals surface area (Å²) in [6, 6.07) is 12.3. The molecule has 6 heteroatoms. The van der Waals surface area contributed by atoms with Crippen molar-refractivity contribution in [2.24, 2.45) is 0 Å². The van der Waals surface area contributed by atoms with Gasteiger partial charge in [0.15, 0.2) is 5.78 Å². The lowest BCUT2D eigenvalue weighted by atomic mass is 9.93. The standard InChI is InChI=1S/C17H16O5S/c1-17(2)11-15(18)14-9-8-12(10-16(14)21-17)22-23(19,20)13-6-4-3-5-7-13/h3-10H,11H2,1-2H3. The first-order chi connectivity index (χ1) is 10.8. The molecule has 0 aromatic heterocycles. The molecule has 0 unspecified atom stereocenters. The molecule has 23 heavy (non-hydrogen) atoms. The van der Waals surface area contributed by atoms with Crippen molar-refractivity contribution in [1.29, 1.82) is 0 Å². The highest BCUT2D eigenvalue weighted by molar-refractivity contribution is 7.87. The van der Waals surface area contributed by atoms with Crippen LogP contribution in [0.1, 0.15) is 30.6 Å². The number of Topliss-reactive ketones (excluding diaryl/α,β-unsaturated/α-hetero) is 1. The molecule has 0 bridgehead atoms. The fourth-order valence-corrected chi connectivity index (χ4v) is 3.39. The van der Waals surface area contributed by atoms with Crippen molar-refractivity contribution in [2.75, 3.05) is 0 Å². The van der Waals surface area contributed by atoms with Crippen molar-refractivity contribution in [3.63, 3.8) is 0 Å². The van der Waals surface area contributed by atoms with Crippen molar-refractivity contribution < 1.29 is 22.1 Å². The molecule has 0 saturated heterocycles. The largest absolute Gasteiger partial charge is 0.486 e. The van der Waals surface area contributed by atoms with E-state index in [0.29, 0.717) is 11.3 Å². The number of ketones is 1. The Bertz CT molecular complexity index is 854. The minimum atomic E-state index is -3.92. The number of carbonyl (C=O) groups is 1. The van der Waals surface area contributed by atoms with Crippen LogP contribution in [0.4, 0.5) is 0 Å². The second kappa shape index (κ2) is 5.38. The molecule has 1 aliphatic heterocycles. The monoisotopic (exact) mass is 332 g/mol. The van der Waals surface area contributed by atoms with Crippen molar-refractivity contribution in [3.8, 4) is 11.5 Å². The zero-order valence-corrected chi connectivity index (χ0v) is 13.6. The van der Waals surface area contributed by atoms with Crippen LogP contribution >= 0.6 is 0 Å². The van der Waals surface area contributed by atoms with Crippen LogP contribution in [0, 0.1) is 0 Å². The van der Waals surface area contributed by atoms with Gasteiger partial charge in [-0.15, -0.1) is 0 Å². The molecule has 0 atom stereocenters. The van der Waals surface area contributed by atoms with E-state index in [9.17, 15) is 13.2 Å². The molecule has 0 fully saturated rings. The topological polar surface area (TPSA) is 69.7 Å². The highest BCUT2D eigenvalue weighted by Crippen LogP contribution is 2.36. The Morgan fingerprint density at radius 1 is 1.09 bits per heavy atom. The van der Waals surface area contributed by atoms with Gasteiger partial charge in [-0.05, 0) is 38.1 Å². The summed E-state index contributed by atoms with van der Waals surface area (Å²) in [5.41, 5.74) is -0.185. The third-order valence-electron chi connectivity index (χ3n) is 3.46. The molecule has 0 N–H and O–H groups in total. The van der Waals surface area contributed by atoms with Gasteiger partial charge in [0, 0.05) is 6.07 Å². The summed E-state index contributed by atoms with van der Waals surface area (Å²) >= 11 is 0. The Morgan fingerprint density at radius 3 is 2.48 bits per heavy atom. The zero-order chi connectivity index (χ0) is 16.7. The Kier molecular flexibility index (Phi) is 3.64. The molecule has 5 nitrogen and oxygen atoms in total. The molecule has 120 valence electrons. The molecular formula is C17H16O5S. The van der Waals surface area contributed by atoms with Gasteiger partial charge in [-0.1, -0.05) is 18.2 Å². The van der Waals surface area contributed by atoms with Gasteiger partial charge in [-0.25, -0.2) is 0 Å². The van der Waals surface area contributed by atoms with Gasteiger partial charge in [0.1, 0.15) is 22.0 Å². The predicted octanol–water partition coefficient (Wildman–Crippen LogP) is 3.20. The lowest BCUT2D eigenvalue weighted by Crippen LogP contribution is -2.35. The van der Waals surface area contributed by atoms with Gasteiger partial charge in [-0.3, -0.25) is 4.79 Å². The first kappa shape index (κ1) is 15.6. The maximum Gasteiger partial charge on any atom is 0.339 e. The molecule has 0 amide bonds. The average molecular weight is 332 g/mol. The van der Waals surface area contributed by atoms with Gasteiger partial charge in [0.2, 0.25) is 0 Å². The Hall–Kier alpha value is -2.34. The van der Waals surface area contributed by atoms with Crippen LogP contribution in [0.2, 0.25) is 0 Å². The highest BCUT2D eigenvalue weighted by Gasteiger charge is 2.33. The van der Waals surface area contributed by atoms with E-state index < -0.39 is 15.7 Å². The SMILES string of the molecule is CC1(C)CC(=O)c2ccc(OS(=O)(=O)c3ccccc3)cc2O1. The second-order valence-corrected chi connectivity index (χ2v) is 7.52. The molecular weight excluding hydrogens is 316 g/mol. The molecule has 2 aromatic rings. The number of benzene rings is 2. The van der Waals surface area contributed by atoms with Crippen LogP contribution in [0.15, 0.2) is 53.4 Å². The van der Waals surface area contributed by atoms with E-state index in [1.807, 2.05) is 13.8 Å². The van der Waals surface area contributed by atoms with Crippen molar-refractivity contribution >= 4 is 15.9 Å². The van der Waals surface area contributed by atoms with E-state index >= 15 is 0 Å². The summed E-state index contributed by atoms with van der Waals surface area (Å²) in [4.78, 5) is 12.1. The van der Waals surface area contributed by atoms with E-state index in [4.69, 9.17) is 8.92 Å². The lowest BCUT2D eigenvalue weighted by Gasteiger charge is -2.31. The molecule has 0 radical (unpaired) electrons. The van der Waals surface area contributed by atoms with E-state index in [2.05, 4.69) is 0 Å².